The van der Waals surface area contributed by atoms with E-state index < -0.39 is 120 Å². The second kappa shape index (κ2) is 12.5. The summed E-state index contributed by atoms with van der Waals surface area (Å²) in [6.45, 7) is 5.03. The zero-order chi connectivity index (χ0) is 36.4. The van der Waals surface area contributed by atoms with Gasteiger partial charge in [0, 0.05) is 31.4 Å². The molecule has 8 aliphatic rings. The summed E-state index contributed by atoms with van der Waals surface area (Å²) in [5, 5.41) is 65.0. The second-order valence-electron chi connectivity index (χ2n) is 16.7. The summed E-state index contributed by atoms with van der Waals surface area (Å²) in [4.78, 5) is 26.3. The summed E-state index contributed by atoms with van der Waals surface area (Å²) >= 11 is 0. The van der Waals surface area contributed by atoms with Crippen LogP contribution in [0, 0.1) is 28.6 Å². The zero-order valence-electron chi connectivity index (χ0n) is 29.4. The molecule has 15 nitrogen and oxygen atoms in total. The van der Waals surface area contributed by atoms with Crippen LogP contribution in [0.2, 0.25) is 0 Å². The normalized spacial score (nSPS) is 57.6. The third-order valence-electron chi connectivity index (χ3n) is 14.6. The largest absolute Gasteiger partial charge is 0.455 e. The Labute approximate surface area is 296 Å². The summed E-state index contributed by atoms with van der Waals surface area (Å²) in [7, 11) is 1.53. The molecule has 8 rings (SSSR count). The lowest BCUT2D eigenvalue weighted by Crippen LogP contribution is -2.76. The number of hydrogen-bond donors (Lipinski definition) is 6. The van der Waals surface area contributed by atoms with Crippen molar-refractivity contribution in [3.8, 4) is 0 Å². The summed E-state index contributed by atoms with van der Waals surface area (Å²) in [5.41, 5.74) is -4.45. The Morgan fingerprint density at radius 1 is 0.961 bits per heavy atom. The fourth-order valence-electron chi connectivity index (χ4n) is 11.8. The van der Waals surface area contributed by atoms with Gasteiger partial charge in [-0.1, -0.05) is 6.92 Å². The Morgan fingerprint density at radius 2 is 1.73 bits per heavy atom. The van der Waals surface area contributed by atoms with Gasteiger partial charge in [-0.05, 0) is 69.8 Å². The highest BCUT2D eigenvalue weighted by Crippen LogP contribution is 2.76. The molecule has 4 aliphatic heterocycles. The van der Waals surface area contributed by atoms with Gasteiger partial charge >= 0.3 is 5.97 Å². The Hall–Kier alpha value is -1.60. The van der Waals surface area contributed by atoms with E-state index in [1.165, 1.54) is 13.2 Å². The minimum absolute atomic E-state index is 0.0368. The van der Waals surface area contributed by atoms with Gasteiger partial charge in [0.1, 0.15) is 53.9 Å². The molecule has 0 aromatic heterocycles. The molecule has 4 heterocycles. The van der Waals surface area contributed by atoms with Gasteiger partial charge in [-0.3, -0.25) is 4.79 Å². The summed E-state index contributed by atoms with van der Waals surface area (Å²) in [5.74, 6) is -1.93. The molecule has 7 fully saturated rings. The number of carbonyl (C=O) groups excluding carboxylic acids is 2. The highest BCUT2D eigenvalue weighted by Gasteiger charge is 2.88. The van der Waals surface area contributed by atoms with Gasteiger partial charge in [0.25, 0.3) is 0 Å². The monoisotopic (exact) mass is 724 g/mol. The maximum Gasteiger partial charge on any atom is 0.331 e. The van der Waals surface area contributed by atoms with E-state index >= 15 is 0 Å². The van der Waals surface area contributed by atoms with E-state index in [1.807, 2.05) is 0 Å². The average Bonchev–Trinajstić information content (AvgIpc) is 3.55. The molecule has 51 heavy (non-hydrogen) atoms. The Kier molecular flexibility index (Phi) is 8.89. The van der Waals surface area contributed by atoms with Crippen LogP contribution in [-0.4, -0.2) is 147 Å². The molecule has 1 spiro atoms. The molecule has 0 amide bonds. The Bertz CT molecular complexity index is 1420. The molecule has 0 unspecified atom stereocenters. The predicted molar refractivity (Wildman–Crippen MR) is 170 cm³/mol. The molecular formula is C36H52O15. The summed E-state index contributed by atoms with van der Waals surface area (Å²) in [6.07, 6.45) is -5.49. The number of fused-ring (bicyclic) bond motifs is 3. The number of cyclic esters (lactones) is 1. The van der Waals surface area contributed by atoms with Gasteiger partial charge in [-0.25, -0.2) is 4.79 Å². The van der Waals surface area contributed by atoms with Crippen LogP contribution < -0.4 is 0 Å². The van der Waals surface area contributed by atoms with Crippen molar-refractivity contribution in [3.63, 3.8) is 0 Å². The van der Waals surface area contributed by atoms with Gasteiger partial charge in [-0.2, -0.15) is 0 Å². The van der Waals surface area contributed by atoms with E-state index in [2.05, 4.69) is 6.92 Å². The van der Waals surface area contributed by atoms with Crippen molar-refractivity contribution in [2.75, 3.05) is 13.7 Å². The number of ether oxygens (including phenoxy) is 7. The van der Waals surface area contributed by atoms with E-state index in [4.69, 9.17) is 33.2 Å². The minimum Gasteiger partial charge on any atom is -0.455 e. The molecule has 20 atom stereocenters. The van der Waals surface area contributed by atoms with E-state index in [0.717, 1.165) is 0 Å². The summed E-state index contributed by atoms with van der Waals surface area (Å²) < 4.78 is 42.2. The maximum atomic E-state index is 14.3. The van der Waals surface area contributed by atoms with Crippen LogP contribution in [0.4, 0.5) is 0 Å². The van der Waals surface area contributed by atoms with E-state index in [9.17, 15) is 40.2 Å². The van der Waals surface area contributed by atoms with Crippen molar-refractivity contribution >= 4 is 11.8 Å². The molecule has 0 bridgehead atoms. The lowest BCUT2D eigenvalue weighted by Gasteiger charge is -2.62. The van der Waals surface area contributed by atoms with Crippen molar-refractivity contribution in [3.05, 3.63) is 12.2 Å². The first-order valence-electron chi connectivity index (χ1n) is 18.5. The lowest BCUT2D eigenvalue weighted by molar-refractivity contribution is -0.345. The molecule has 0 aromatic carbocycles. The highest BCUT2D eigenvalue weighted by molar-refractivity contribution is 5.93. The Morgan fingerprint density at radius 3 is 2.41 bits per heavy atom. The smallest absolute Gasteiger partial charge is 0.331 e. The molecule has 0 aromatic rings. The van der Waals surface area contributed by atoms with Crippen LogP contribution in [0.3, 0.4) is 0 Å². The van der Waals surface area contributed by atoms with E-state index in [0.29, 0.717) is 44.9 Å². The fraction of sp³-hybridized carbons (Fsp3) is 0.889. The first-order valence-corrected chi connectivity index (χ1v) is 18.5. The first-order chi connectivity index (χ1) is 24.1. The number of carbonyl (C=O) groups is 2. The molecule has 286 valence electrons. The third-order valence-corrected chi connectivity index (χ3v) is 14.6. The van der Waals surface area contributed by atoms with Gasteiger partial charge in [0.15, 0.2) is 18.4 Å². The second-order valence-corrected chi connectivity index (χ2v) is 16.7. The zero-order valence-corrected chi connectivity index (χ0v) is 29.4. The molecule has 6 N–H and O–H groups in total. The first kappa shape index (κ1) is 36.4. The van der Waals surface area contributed by atoms with Crippen LogP contribution in [0.15, 0.2) is 12.2 Å². The average molecular weight is 725 g/mol. The number of aliphatic hydroxyl groups is 6. The number of Topliss-reactive ketones (excluding diaryl/α,β-unsaturated/α-hetero) is 1. The predicted octanol–water partition coefficient (Wildman–Crippen LogP) is -0.757. The molecule has 3 saturated heterocycles. The number of ketones is 1. The summed E-state index contributed by atoms with van der Waals surface area (Å²) in [6, 6.07) is 0. The van der Waals surface area contributed by atoms with Crippen molar-refractivity contribution in [1.29, 1.82) is 0 Å². The van der Waals surface area contributed by atoms with Crippen molar-refractivity contribution < 1.29 is 73.4 Å². The number of methoxy groups -OCH3 is 1. The molecule has 15 heteroatoms. The number of esters is 1. The van der Waals surface area contributed by atoms with E-state index in [1.54, 1.807) is 19.9 Å². The SMILES string of the molecule is CO[C@@H]1C[C@H](O[C@H]2CC[C@]3(C)[C@H](C2)C[C@H]2O[C@@]24[C@H]3[C@@H](O)C(=O)[C@@]2(C)[C@H]([C@@H]3C=CC(=O)O3)CC[C@@]42O)O[C@H](C)[C@H]1O[C@H]1O[C@@H](CO)[C@H](O)[C@@H](O)[C@@H]1O. The van der Waals surface area contributed by atoms with Crippen molar-refractivity contribution in [2.45, 2.75) is 157 Å². The quantitative estimate of drug-likeness (QED) is 0.108. The molecular weight excluding hydrogens is 672 g/mol. The maximum absolute atomic E-state index is 14.3. The number of hydrogen-bond acceptors (Lipinski definition) is 15. The lowest BCUT2D eigenvalue weighted by atomic mass is 9.41. The van der Waals surface area contributed by atoms with Crippen LogP contribution in [0.25, 0.3) is 0 Å². The van der Waals surface area contributed by atoms with Crippen LogP contribution in [0.5, 0.6) is 0 Å². The molecule has 0 radical (unpaired) electrons. The molecule has 4 saturated carbocycles. The Balaban J connectivity index is 0.946. The molecule has 4 aliphatic carbocycles. The minimum atomic E-state index is -1.58. The standard InChI is InChI=1S/C36H52O15/c1-15-29(50-32-27(41)26(40)25(39)21(14-37)49-32)20(45-4)13-24(46-15)47-17-7-9-33(2)16(11-17)12-22-36(51-22)30(33)28(42)31(43)34(3)18(8-10-35(34,36)44)19-5-6-23(38)48-19/h5-6,15-22,24-30,32,37,39-42,44H,7-14H2,1-4H3/t15-,16-,17+,18+,19+,20-,21+,22-,24+,25+,26-,27+,28-,29-,30+,32-,33-,34-,35+,36-/m1/s1. The van der Waals surface area contributed by atoms with Crippen LogP contribution in [-0.2, 0) is 42.7 Å². The number of aliphatic hydroxyl groups excluding tert-OH is 5. The van der Waals surface area contributed by atoms with Gasteiger partial charge in [0.05, 0.1) is 36.4 Å². The number of epoxide rings is 1. The highest BCUT2D eigenvalue weighted by atomic mass is 16.7. The van der Waals surface area contributed by atoms with Crippen LogP contribution >= 0.6 is 0 Å². The van der Waals surface area contributed by atoms with Gasteiger partial charge < -0.3 is 63.8 Å². The van der Waals surface area contributed by atoms with Crippen molar-refractivity contribution in [2.24, 2.45) is 28.6 Å². The topological polar surface area (TPSA) is 223 Å². The third kappa shape index (κ3) is 5.00. The fourth-order valence-corrected chi connectivity index (χ4v) is 11.8. The van der Waals surface area contributed by atoms with Crippen LogP contribution in [0.1, 0.15) is 65.7 Å². The van der Waals surface area contributed by atoms with Gasteiger partial charge in [0.2, 0.25) is 0 Å². The van der Waals surface area contributed by atoms with E-state index in [-0.39, 0.29) is 18.1 Å². The number of rotatable bonds is 7. The van der Waals surface area contributed by atoms with Crippen molar-refractivity contribution in [1.82, 2.24) is 0 Å². The van der Waals surface area contributed by atoms with Gasteiger partial charge in [-0.15, -0.1) is 0 Å².